The van der Waals surface area contributed by atoms with Gasteiger partial charge in [-0.3, -0.25) is 4.79 Å². The number of aromatic nitrogens is 3. The number of oxazole rings is 2. The molecule has 0 aliphatic heterocycles. The molecule has 0 saturated carbocycles. The summed E-state index contributed by atoms with van der Waals surface area (Å²) in [6.45, 7) is 1.09. The van der Waals surface area contributed by atoms with E-state index in [0.717, 1.165) is 0 Å². The molecule has 0 unspecified atom stereocenters. The molecule has 19 heteroatoms. The molecule has 0 saturated heterocycles. The van der Waals surface area contributed by atoms with Crippen molar-refractivity contribution in [2.24, 2.45) is 0 Å². The first kappa shape index (κ1) is 38.7. The molecule has 1 amide bonds. The summed E-state index contributed by atoms with van der Waals surface area (Å²) in [7, 11) is 6.08. The number of carbonyl (C=O) groups excluding carboxylic acids is 1. The minimum atomic E-state index is -4.92. The lowest BCUT2D eigenvalue weighted by Gasteiger charge is -2.17. The zero-order chi connectivity index (χ0) is 38.2. The number of halogens is 6. The third-order valence-corrected chi connectivity index (χ3v) is 6.89. The third-order valence-electron chi connectivity index (χ3n) is 6.89. The molecule has 0 bridgehead atoms. The van der Waals surface area contributed by atoms with Crippen molar-refractivity contribution in [1.82, 2.24) is 15.0 Å². The van der Waals surface area contributed by atoms with Crippen LogP contribution in [-0.2, 0) is 17.1 Å². The van der Waals surface area contributed by atoms with Crippen LogP contribution in [0.3, 0.4) is 0 Å². The van der Waals surface area contributed by atoms with Gasteiger partial charge in [-0.05, 0) is 36.4 Å². The number of para-hydroxylation sites is 2. The van der Waals surface area contributed by atoms with E-state index in [9.17, 15) is 35.9 Å². The Morgan fingerprint density at radius 3 is 1.71 bits per heavy atom. The average molecular weight is 738 g/mol. The van der Waals surface area contributed by atoms with E-state index in [4.69, 9.17) is 28.2 Å². The van der Waals surface area contributed by atoms with E-state index in [2.05, 4.69) is 20.3 Å². The number of carbonyl (C=O) groups is 2. The maximum Gasteiger partial charge on any atom is 0.437 e. The topological polar surface area (TPSA) is 162 Å². The van der Waals surface area contributed by atoms with Gasteiger partial charge in [0, 0.05) is 20.7 Å². The molecule has 3 heterocycles. The van der Waals surface area contributed by atoms with Crippen LogP contribution in [-0.4, -0.2) is 73.5 Å². The summed E-state index contributed by atoms with van der Waals surface area (Å²) in [6, 6.07) is 15.5. The minimum Gasteiger partial charge on any atom is -0.496 e. The van der Waals surface area contributed by atoms with Crippen molar-refractivity contribution in [1.29, 1.82) is 0 Å². The standard InChI is InChI=1S/C21H21F3N4O4.C12H8F3NO4/c1-28(10-11-30-2)16-9-8-13(12-25-16)26-19(29)17-18(21(22,23)24)27-20(32-17)14-6-4-5-7-15(14)31-3;1-19-7-5-3-2-4-6(7)10-16-9(12(13,14)15)8(20-10)11(17)18/h4-9,12H,10-11H2,1-3H3,(H,26,29);2-5H,1H3,(H,17,18). The highest BCUT2D eigenvalue weighted by Crippen LogP contribution is 2.38. The van der Waals surface area contributed by atoms with Crippen LogP contribution in [0.25, 0.3) is 22.9 Å². The normalized spacial score (nSPS) is 11.3. The molecular formula is C33H29F6N5O8. The smallest absolute Gasteiger partial charge is 0.437 e. The zero-order valence-corrected chi connectivity index (χ0v) is 27.6. The maximum atomic E-state index is 13.5. The fourth-order valence-corrected chi connectivity index (χ4v) is 4.41. The first-order chi connectivity index (χ1) is 24.6. The van der Waals surface area contributed by atoms with Gasteiger partial charge >= 0.3 is 18.3 Å². The molecule has 0 spiro atoms. The summed E-state index contributed by atoms with van der Waals surface area (Å²) in [5, 5.41) is 11.1. The second kappa shape index (κ2) is 16.3. The van der Waals surface area contributed by atoms with Crippen LogP contribution in [0.4, 0.5) is 37.8 Å². The Morgan fingerprint density at radius 1 is 0.788 bits per heavy atom. The van der Waals surface area contributed by atoms with Crippen LogP contribution in [0, 0.1) is 0 Å². The Labute approximate surface area is 290 Å². The lowest BCUT2D eigenvalue weighted by Crippen LogP contribution is -2.23. The van der Waals surface area contributed by atoms with Crippen molar-refractivity contribution in [3.63, 3.8) is 0 Å². The van der Waals surface area contributed by atoms with Crippen molar-refractivity contribution in [3.05, 3.63) is 89.8 Å². The number of benzene rings is 2. The van der Waals surface area contributed by atoms with Gasteiger partial charge in [-0.15, -0.1) is 0 Å². The number of alkyl halides is 6. The number of nitrogens with one attached hydrogen (secondary N) is 1. The number of pyridine rings is 1. The number of hydrogen-bond acceptors (Lipinski definition) is 11. The van der Waals surface area contributed by atoms with E-state index >= 15 is 0 Å². The minimum absolute atomic E-state index is 0.132. The average Bonchev–Trinajstić information content (AvgIpc) is 3.78. The number of anilines is 2. The Bertz CT molecular complexity index is 1990. The largest absolute Gasteiger partial charge is 0.496 e. The van der Waals surface area contributed by atoms with E-state index in [1.807, 2.05) is 11.9 Å². The van der Waals surface area contributed by atoms with Crippen molar-refractivity contribution in [3.8, 4) is 34.4 Å². The van der Waals surface area contributed by atoms with Gasteiger partial charge in [0.25, 0.3) is 5.91 Å². The number of amides is 1. The molecule has 2 aromatic carbocycles. The van der Waals surface area contributed by atoms with E-state index in [1.165, 1.54) is 50.7 Å². The summed E-state index contributed by atoms with van der Waals surface area (Å²) in [4.78, 5) is 36.2. The van der Waals surface area contributed by atoms with Crippen LogP contribution >= 0.6 is 0 Å². The number of methoxy groups -OCH3 is 3. The van der Waals surface area contributed by atoms with Crippen molar-refractivity contribution in [2.75, 3.05) is 51.7 Å². The van der Waals surface area contributed by atoms with Gasteiger partial charge in [-0.1, -0.05) is 24.3 Å². The lowest BCUT2D eigenvalue weighted by atomic mass is 10.2. The number of hydrogen-bond donors (Lipinski definition) is 2. The van der Waals surface area contributed by atoms with Gasteiger partial charge in [0.15, 0.2) is 11.4 Å². The van der Waals surface area contributed by atoms with Gasteiger partial charge in [0.2, 0.25) is 23.3 Å². The Morgan fingerprint density at radius 2 is 1.29 bits per heavy atom. The van der Waals surface area contributed by atoms with Crippen LogP contribution in [0.5, 0.6) is 11.5 Å². The van der Waals surface area contributed by atoms with Gasteiger partial charge in [-0.2, -0.15) is 26.3 Å². The molecule has 5 rings (SSSR count). The SMILES string of the molecule is COCCN(C)c1ccc(NC(=O)c2oc(-c3ccccc3OC)nc2C(F)(F)F)cn1.COc1ccccc1-c1nc(C(F)(F)F)c(C(=O)O)o1. The van der Waals surface area contributed by atoms with E-state index in [1.54, 1.807) is 37.4 Å². The molecule has 0 atom stereocenters. The molecule has 5 aromatic rings. The highest BCUT2D eigenvalue weighted by Gasteiger charge is 2.42. The quantitative estimate of drug-likeness (QED) is 0.132. The zero-order valence-electron chi connectivity index (χ0n) is 27.6. The lowest BCUT2D eigenvalue weighted by molar-refractivity contribution is -0.142. The van der Waals surface area contributed by atoms with E-state index < -0.39 is 53.0 Å². The first-order valence-electron chi connectivity index (χ1n) is 14.7. The van der Waals surface area contributed by atoms with Crippen LogP contribution in [0.1, 0.15) is 32.5 Å². The first-order valence-corrected chi connectivity index (χ1v) is 14.7. The number of carboxylic acid groups (broad SMARTS) is 1. The third kappa shape index (κ3) is 9.16. The summed E-state index contributed by atoms with van der Waals surface area (Å²) in [5.74, 6) is -4.92. The number of aromatic carboxylic acids is 1. The summed E-state index contributed by atoms with van der Waals surface area (Å²) >= 11 is 0. The molecule has 0 radical (unpaired) electrons. The second-order valence-electron chi connectivity index (χ2n) is 10.4. The van der Waals surface area contributed by atoms with Gasteiger partial charge < -0.3 is 38.4 Å². The fourth-order valence-electron chi connectivity index (χ4n) is 4.41. The molecule has 276 valence electrons. The van der Waals surface area contributed by atoms with Gasteiger partial charge in [0.05, 0.1) is 43.8 Å². The van der Waals surface area contributed by atoms with E-state index in [-0.39, 0.29) is 34.2 Å². The van der Waals surface area contributed by atoms with Crippen molar-refractivity contribution < 1.29 is 64.1 Å². The molecule has 0 aliphatic rings. The van der Waals surface area contributed by atoms with Crippen LogP contribution in [0.15, 0.2) is 75.7 Å². The molecule has 0 fully saturated rings. The molecule has 0 aliphatic carbocycles. The highest BCUT2D eigenvalue weighted by molar-refractivity contribution is 6.03. The van der Waals surface area contributed by atoms with Crippen LogP contribution < -0.4 is 19.7 Å². The number of rotatable bonds is 11. The maximum absolute atomic E-state index is 13.5. The molecular weight excluding hydrogens is 708 g/mol. The molecule has 13 nitrogen and oxygen atoms in total. The monoisotopic (exact) mass is 737 g/mol. The predicted octanol–water partition coefficient (Wildman–Crippen LogP) is 7.17. The van der Waals surface area contributed by atoms with Crippen LogP contribution in [0.2, 0.25) is 0 Å². The molecule has 52 heavy (non-hydrogen) atoms. The summed E-state index contributed by atoms with van der Waals surface area (Å²) in [6.07, 6.45) is -8.48. The fraction of sp³-hybridized carbons (Fsp3) is 0.242. The highest BCUT2D eigenvalue weighted by atomic mass is 19.4. The predicted molar refractivity (Wildman–Crippen MR) is 171 cm³/mol. The van der Waals surface area contributed by atoms with Crippen molar-refractivity contribution >= 4 is 23.4 Å². The Balaban J connectivity index is 0.000000259. The van der Waals surface area contributed by atoms with Gasteiger partial charge in [0.1, 0.15) is 17.3 Å². The second-order valence-corrected chi connectivity index (χ2v) is 10.4. The van der Waals surface area contributed by atoms with Gasteiger partial charge in [-0.25, -0.2) is 19.7 Å². The number of carboxylic acids is 1. The number of ether oxygens (including phenoxy) is 3. The molecule has 2 N–H and O–H groups in total. The summed E-state index contributed by atoms with van der Waals surface area (Å²) < 4.78 is 104. The number of nitrogens with zero attached hydrogens (tertiary/aromatic N) is 4. The number of likely N-dealkylation sites (N-methyl/N-ethyl adjacent to an activating group) is 1. The van der Waals surface area contributed by atoms with E-state index in [0.29, 0.717) is 19.0 Å². The Hall–Kier alpha value is -6.11. The Kier molecular flexibility index (Phi) is 12.1. The summed E-state index contributed by atoms with van der Waals surface area (Å²) in [5.41, 5.74) is -2.49. The molecule has 3 aromatic heterocycles. The van der Waals surface area contributed by atoms with Crippen molar-refractivity contribution in [2.45, 2.75) is 12.4 Å².